The minimum atomic E-state index is -1.89. The van der Waals surface area contributed by atoms with Crippen LogP contribution in [-0.4, -0.2) is 65.7 Å². The fraction of sp³-hybridized carbons (Fsp3) is 0.909. The van der Waals surface area contributed by atoms with Crippen molar-refractivity contribution in [2.45, 2.75) is 89.5 Å². The molecule has 0 atom stereocenters. The standard InChI is InChI=1S/C22H46N2OSi2/c1-7-27(25-26(5,6)22(2,3)4,20-12-18-23-14-8-9-15-23)21-13-19-24-16-10-11-17-24/h7H,1,8-21H2,2-6H3. The van der Waals surface area contributed by atoms with Crippen molar-refractivity contribution in [2.75, 3.05) is 39.3 Å². The molecule has 3 nitrogen and oxygen atoms in total. The zero-order valence-corrected chi connectivity index (χ0v) is 21.0. The molecule has 5 heteroatoms. The van der Waals surface area contributed by atoms with Gasteiger partial charge in [0.2, 0.25) is 8.32 Å². The Labute approximate surface area is 171 Å². The van der Waals surface area contributed by atoms with Crippen LogP contribution < -0.4 is 0 Å². The van der Waals surface area contributed by atoms with E-state index in [0.717, 1.165) is 0 Å². The average molecular weight is 411 g/mol. The largest absolute Gasteiger partial charge is 0.452 e. The molecule has 0 spiro atoms. The van der Waals surface area contributed by atoms with E-state index in [9.17, 15) is 0 Å². The van der Waals surface area contributed by atoms with E-state index in [0.29, 0.717) is 0 Å². The van der Waals surface area contributed by atoms with Crippen molar-refractivity contribution in [3.8, 4) is 0 Å². The third kappa shape index (κ3) is 7.11. The molecule has 0 saturated carbocycles. The first-order chi connectivity index (χ1) is 12.7. The van der Waals surface area contributed by atoms with Crippen LogP contribution in [0.3, 0.4) is 0 Å². The van der Waals surface area contributed by atoms with Gasteiger partial charge in [-0.2, -0.15) is 0 Å². The Morgan fingerprint density at radius 3 is 1.59 bits per heavy atom. The number of hydrogen-bond acceptors (Lipinski definition) is 3. The Balaban J connectivity index is 1.97. The average Bonchev–Trinajstić information content (AvgIpc) is 3.27. The zero-order chi connectivity index (χ0) is 20.0. The van der Waals surface area contributed by atoms with Gasteiger partial charge in [-0.05, 0) is 108 Å². The first kappa shape index (κ1) is 23.3. The molecule has 0 N–H and O–H groups in total. The Morgan fingerprint density at radius 1 is 0.852 bits per heavy atom. The second-order valence-corrected chi connectivity index (χ2v) is 19.3. The lowest BCUT2D eigenvalue weighted by atomic mass is 10.2. The highest BCUT2D eigenvalue weighted by Crippen LogP contribution is 2.40. The molecule has 2 aliphatic heterocycles. The molecule has 0 aliphatic carbocycles. The summed E-state index contributed by atoms with van der Waals surface area (Å²) < 4.78 is 7.19. The zero-order valence-electron chi connectivity index (χ0n) is 19.0. The first-order valence-corrected chi connectivity index (χ1v) is 16.8. The molecule has 0 aromatic heterocycles. The second-order valence-electron chi connectivity index (χ2n) is 10.4. The van der Waals surface area contributed by atoms with Crippen LogP contribution in [0.15, 0.2) is 12.3 Å². The molecule has 2 fully saturated rings. The number of likely N-dealkylation sites (tertiary alicyclic amines) is 2. The van der Waals surface area contributed by atoms with Crippen LogP contribution in [0.2, 0.25) is 30.2 Å². The lowest BCUT2D eigenvalue weighted by Crippen LogP contribution is -2.52. The lowest BCUT2D eigenvalue weighted by molar-refractivity contribution is 0.332. The van der Waals surface area contributed by atoms with Crippen LogP contribution >= 0.6 is 0 Å². The van der Waals surface area contributed by atoms with E-state index >= 15 is 0 Å². The van der Waals surface area contributed by atoms with Crippen LogP contribution in [0.5, 0.6) is 0 Å². The highest BCUT2D eigenvalue weighted by atomic mass is 28.4. The molecule has 2 rings (SSSR count). The molecule has 0 aromatic carbocycles. The predicted octanol–water partition coefficient (Wildman–Crippen LogP) is 5.65. The number of nitrogens with zero attached hydrogens (tertiary/aromatic N) is 2. The SMILES string of the molecule is C=C[Si](CCCN1CCCC1)(CCCN1CCCC1)O[Si](C)(C)C(C)(C)C. The van der Waals surface area contributed by atoms with Crippen molar-refractivity contribution in [3.63, 3.8) is 0 Å². The van der Waals surface area contributed by atoms with Crippen LogP contribution in [0.25, 0.3) is 0 Å². The molecule has 2 heterocycles. The first-order valence-electron chi connectivity index (χ1n) is 11.5. The van der Waals surface area contributed by atoms with E-state index in [1.807, 2.05) is 0 Å². The molecular formula is C22H46N2OSi2. The second kappa shape index (κ2) is 10.2. The van der Waals surface area contributed by atoms with E-state index < -0.39 is 16.6 Å². The monoisotopic (exact) mass is 410 g/mol. The van der Waals surface area contributed by atoms with Crippen LogP contribution in [-0.2, 0) is 4.12 Å². The summed E-state index contributed by atoms with van der Waals surface area (Å²) in [6.45, 7) is 24.0. The molecule has 0 amide bonds. The van der Waals surface area contributed by atoms with E-state index in [4.69, 9.17) is 4.12 Å². The van der Waals surface area contributed by atoms with Gasteiger partial charge in [0.1, 0.15) is 0 Å². The Kier molecular flexibility index (Phi) is 8.81. The summed E-state index contributed by atoms with van der Waals surface area (Å²) in [4.78, 5) is 5.30. The van der Waals surface area contributed by atoms with Gasteiger partial charge in [-0.15, -0.1) is 6.58 Å². The van der Waals surface area contributed by atoms with Crippen molar-refractivity contribution in [3.05, 3.63) is 12.3 Å². The van der Waals surface area contributed by atoms with E-state index in [1.54, 1.807) is 0 Å². The maximum absolute atomic E-state index is 7.19. The van der Waals surface area contributed by atoms with Gasteiger partial charge in [-0.1, -0.05) is 26.5 Å². The lowest BCUT2D eigenvalue weighted by Gasteiger charge is -2.44. The minimum absolute atomic E-state index is 0.276. The van der Waals surface area contributed by atoms with E-state index in [2.05, 4.69) is 55.9 Å². The van der Waals surface area contributed by atoms with Gasteiger partial charge < -0.3 is 13.9 Å². The molecular weight excluding hydrogens is 364 g/mol. The van der Waals surface area contributed by atoms with Gasteiger partial charge in [0.05, 0.1) is 0 Å². The Morgan fingerprint density at radius 2 is 1.26 bits per heavy atom. The fourth-order valence-electron chi connectivity index (χ4n) is 4.35. The highest BCUT2D eigenvalue weighted by molar-refractivity contribution is 6.89. The molecule has 0 radical (unpaired) electrons. The summed E-state index contributed by atoms with van der Waals surface area (Å²) in [5.41, 5.74) is 2.31. The maximum atomic E-state index is 7.19. The Bertz CT molecular complexity index is 428. The van der Waals surface area contributed by atoms with Gasteiger partial charge in [-0.25, -0.2) is 0 Å². The minimum Gasteiger partial charge on any atom is -0.452 e. The molecule has 2 saturated heterocycles. The summed E-state index contributed by atoms with van der Waals surface area (Å²) >= 11 is 0. The molecule has 0 bridgehead atoms. The van der Waals surface area contributed by atoms with Crippen LogP contribution in [0, 0.1) is 0 Å². The van der Waals surface area contributed by atoms with Crippen molar-refractivity contribution < 1.29 is 4.12 Å². The van der Waals surface area contributed by atoms with Crippen molar-refractivity contribution in [1.29, 1.82) is 0 Å². The third-order valence-electron chi connectivity index (χ3n) is 7.18. The van der Waals surface area contributed by atoms with E-state index in [1.165, 1.54) is 89.9 Å². The summed E-state index contributed by atoms with van der Waals surface area (Å²) in [6, 6.07) is 2.53. The summed E-state index contributed by atoms with van der Waals surface area (Å²) in [6.07, 6.45) is 8.13. The Hall–Kier alpha value is 0.0538. The smallest absolute Gasteiger partial charge is 0.204 e. The van der Waals surface area contributed by atoms with E-state index in [-0.39, 0.29) is 5.04 Å². The quantitative estimate of drug-likeness (QED) is 0.409. The maximum Gasteiger partial charge on any atom is 0.204 e. The van der Waals surface area contributed by atoms with Crippen LogP contribution in [0.1, 0.15) is 59.3 Å². The van der Waals surface area contributed by atoms with Gasteiger partial charge >= 0.3 is 0 Å². The molecule has 27 heavy (non-hydrogen) atoms. The van der Waals surface area contributed by atoms with Gasteiger partial charge in [-0.3, -0.25) is 0 Å². The summed E-state index contributed by atoms with van der Waals surface area (Å²) in [5, 5.41) is 0.276. The van der Waals surface area contributed by atoms with Crippen molar-refractivity contribution >= 4 is 16.6 Å². The van der Waals surface area contributed by atoms with Gasteiger partial charge in [0.15, 0.2) is 8.32 Å². The molecule has 158 valence electrons. The number of rotatable bonds is 11. The number of hydrogen-bond donors (Lipinski definition) is 0. The third-order valence-corrected chi connectivity index (χ3v) is 17.6. The van der Waals surface area contributed by atoms with Crippen LogP contribution in [0.4, 0.5) is 0 Å². The summed E-state index contributed by atoms with van der Waals surface area (Å²) in [5.74, 6) is 0. The summed E-state index contributed by atoms with van der Waals surface area (Å²) in [7, 11) is -3.65. The molecule has 2 aliphatic rings. The van der Waals surface area contributed by atoms with Crippen molar-refractivity contribution in [1.82, 2.24) is 9.80 Å². The molecule has 0 unspecified atom stereocenters. The predicted molar refractivity (Wildman–Crippen MR) is 124 cm³/mol. The molecule has 0 aromatic rings. The van der Waals surface area contributed by atoms with Gasteiger partial charge in [0, 0.05) is 0 Å². The topological polar surface area (TPSA) is 15.7 Å². The van der Waals surface area contributed by atoms with Gasteiger partial charge in [0.25, 0.3) is 0 Å². The highest BCUT2D eigenvalue weighted by Gasteiger charge is 2.44. The normalized spacial score (nSPS) is 20.5. The van der Waals surface area contributed by atoms with Crippen molar-refractivity contribution in [2.24, 2.45) is 0 Å². The fourth-order valence-corrected chi connectivity index (χ4v) is 13.0.